The lowest BCUT2D eigenvalue weighted by Gasteiger charge is -2.18. The molecule has 0 saturated carbocycles. The summed E-state index contributed by atoms with van der Waals surface area (Å²) in [5.41, 5.74) is 0.610. The Bertz CT molecular complexity index is 714. The fourth-order valence-corrected chi connectivity index (χ4v) is 2.13. The van der Waals surface area contributed by atoms with E-state index in [0.29, 0.717) is 18.7 Å². The lowest BCUT2D eigenvalue weighted by molar-refractivity contribution is 0.0772. The third kappa shape index (κ3) is 3.91. The first-order valence-corrected chi connectivity index (χ1v) is 7.37. The highest BCUT2D eigenvalue weighted by Crippen LogP contribution is 2.14. The van der Waals surface area contributed by atoms with Gasteiger partial charge in [-0.05, 0) is 32.0 Å². The zero-order valence-corrected chi connectivity index (χ0v) is 13.0. The number of halogens is 1. The summed E-state index contributed by atoms with van der Waals surface area (Å²) < 4.78 is 13.6. The van der Waals surface area contributed by atoms with Crippen LogP contribution in [0.2, 0.25) is 0 Å². The second-order valence-electron chi connectivity index (χ2n) is 4.87. The molecule has 0 aliphatic heterocycles. The van der Waals surface area contributed by atoms with Crippen molar-refractivity contribution in [2.45, 2.75) is 13.8 Å². The minimum Gasteiger partial charge on any atom is -0.339 e. The number of amides is 2. The Balaban J connectivity index is 2.21. The van der Waals surface area contributed by atoms with Crippen LogP contribution in [-0.2, 0) is 0 Å². The van der Waals surface area contributed by atoms with E-state index in [4.69, 9.17) is 0 Å². The van der Waals surface area contributed by atoms with Gasteiger partial charge in [-0.3, -0.25) is 14.6 Å². The first-order valence-electron chi connectivity index (χ1n) is 7.37. The molecule has 0 radical (unpaired) electrons. The second kappa shape index (κ2) is 7.49. The van der Waals surface area contributed by atoms with Crippen molar-refractivity contribution in [3.8, 4) is 0 Å². The van der Waals surface area contributed by atoms with Crippen LogP contribution in [0, 0.1) is 5.82 Å². The minimum atomic E-state index is -0.524. The number of hydrogen-bond acceptors (Lipinski definition) is 3. The molecule has 0 fully saturated rings. The van der Waals surface area contributed by atoms with E-state index < -0.39 is 11.7 Å². The first kappa shape index (κ1) is 16.6. The van der Waals surface area contributed by atoms with Gasteiger partial charge < -0.3 is 10.2 Å². The molecule has 0 atom stereocenters. The predicted molar refractivity (Wildman–Crippen MR) is 85.8 cm³/mol. The number of hydrogen-bond donors (Lipinski definition) is 1. The van der Waals surface area contributed by atoms with Gasteiger partial charge in [0.1, 0.15) is 5.82 Å². The normalized spacial score (nSPS) is 10.2. The monoisotopic (exact) mass is 315 g/mol. The first-order chi connectivity index (χ1) is 11.1. The molecule has 0 aliphatic rings. The van der Waals surface area contributed by atoms with Gasteiger partial charge in [-0.1, -0.05) is 12.1 Å². The molecule has 23 heavy (non-hydrogen) atoms. The smallest absolute Gasteiger partial charge is 0.257 e. The maximum Gasteiger partial charge on any atom is 0.257 e. The topological polar surface area (TPSA) is 62.3 Å². The Labute approximate surface area is 134 Å². The lowest BCUT2D eigenvalue weighted by Crippen LogP contribution is -2.30. The van der Waals surface area contributed by atoms with E-state index in [1.165, 1.54) is 36.7 Å². The Morgan fingerprint density at radius 2 is 1.78 bits per heavy atom. The number of carbonyl (C=O) groups excluding carboxylic acids is 2. The molecule has 0 aliphatic carbocycles. The predicted octanol–water partition coefficient (Wildman–Crippen LogP) is 2.96. The molecular formula is C17H18FN3O2. The number of carbonyl (C=O) groups is 2. The van der Waals surface area contributed by atoms with E-state index in [2.05, 4.69) is 10.3 Å². The van der Waals surface area contributed by atoms with Gasteiger partial charge in [0.25, 0.3) is 11.8 Å². The van der Waals surface area contributed by atoms with Crippen molar-refractivity contribution in [1.29, 1.82) is 0 Å². The van der Waals surface area contributed by atoms with Crippen molar-refractivity contribution < 1.29 is 14.0 Å². The Kier molecular flexibility index (Phi) is 5.41. The van der Waals surface area contributed by atoms with Gasteiger partial charge >= 0.3 is 0 Å². The molecule has 1 N–H and O–H groups in total. The van der Waals surface area contributed by atoms with Gasteiger partial charge in [-0.15, -0.1) is 0 Å². The van der Waals surface area contributed by atoms with Crippen LogP contribution in [0.4, 0.5) is 10.1 Å². The summed E-state index contributed by atoms with van der Waals surface area (Å²) in [5, 5.41) is 2.47. The highest BCUT2D eigenvalue weighted by molar-refractivity contribution is 6.05. The largest absolute Gasteiger partial charge is 0.339 e. The fraction of sp³-hybridized carbons (Fsp3) is 0.235. The van der Waals surface area contributed by atoms with E-state index in [0.717, 1.165) is 0 Å². The Hall–Kier alpha value is -2.76. The van der Waals surface area contributed by atoms with Crippen LogP contribution in [0.5, 0.6) is 0 Å². The van der Waals surface area contributed by atoms with Crippen LogP contribution in [-0.4, -0.2) is 34.8 Å². The van der Waals surface area contributed by atoms with E-state index >= 15 is 0 Å². The van der Waals surface area contributed by atoms with Crippen LogP contribution in [0.15, 0.2) is 42.7 Å². The van der Waals surface area contributed by atoms with Crippen LogP contribution in [0.1, 0.15) is 34.6 Å². The van der Waals surface area contributed by atoms with Gasteiger partial charge in [0.2, 0.25) is 0 Å². The zero-order valence-electron chi connectivity index (χ0n) is 13.0. The molecule has 0 spiro atoms. The van der Waals surface area contributed by atoms with E-state index in [-0.39, 0.29) is 17.2 Å². The lowest BCUT2D eigenvalue weighted by atomic mass is 10.1. The van der Waals surface area contributed by atoms with Gasteiger partial charge in [-0.2, -0.15) is 0 Å². The molecule has 120 valence electrons. The number of nitrogens with zero attached hydrogens (tertiary/aromatic N) is 2. The molecule has 1 heterocycles. The zero-order chi connectivity index (χ0) is 16.8. The molecule has 0 bridgehead atoms. The number of rotatable bonds is 5. The molecule has 0 saturated heterocycles. The second-order valence-corrected chi connectivity index (χ2v) is 4.87. The van der Waals surface area contributed by atoms with Crippen molar-refractivity contribution in [2.24, 2.45) is 0 Å². The molecule has 2 rings (SSSR count). The maximum absolute atomic E-state index is 13.6. The van der Waals surface area contributed by atoms with Gasteiger partial charge in [0.15, 0.2) is 0 Å². The number of aromatic nitrogens is 1. The van der Waals surface area contributed by atoms with Gasteiger partial charge in [0, 0.05) is 25.5 Å². The number of pyridine rings is 1. The van der Waals surface area contributed by atoms with E-state index in [1.54, 1.807) is 11.0 Å². The number of benzene rings is 1. The highest BCUT2D eigenvalue weighted by Gasteiger charge is 2.16. The molecule has 0 unspecified atom stereocenters. The quantitative estimate of drug-likeness (QED) is 0.922. The summed E-state index contributed by atoms with van der Waals surface area (Å²) in [6.07, 6.45) is 2.76. The number of nitrogens with one attached hydrogen (secondary N) is 1. The number of anilines is 1. The van der Waals surface area contributed by atoms with Crippen molar-refractivity contribution in [3.63, 3.8) is 0 Å². The Morgan fingerprint density at radius 1 is 1.13 bits per heavy atom. The van der Waals surface area contributed by atoms with Crippen molar-refractivity contribution >= 4 is 17.5 Å². The van der Waals surface area contributed by atoms with Gasteiger partial charge in [-0.25, -0.2) is 4.39 Å². The van der Waals surface area contributed by atoms with Crippen LogP contribution in [0.3, 0.4) is 0 Å². The summed E-state index contributed by atoms with van der Waals surface area (Å²) >= 11 is 0. The summed E-state index contributed by atoms with van der Waals surface area (Å²) in [6.45, 7) is 4.90. The fourth-order valence-electron chi connectivity index (χ4n) is 2.13. The molecule has 1 aromatic heterocycles. The van der Waals surface area contributed by atoms with E-state index in [1.807, 2.05) is 13.8 Å². The molecule has 2 aromatic rings. The number of para-hydroxylation sites is 1. The molecule has 5 nitrogen and oxygen atoms in total. The summed E-state index contributed by atoms with van der Waals surface area (Å²) in [4.78, 5) is 30.1. The molecule has 6 heteroatoms. The third-order valence-electron chi connectivity index (χ3n) is 3.42. The summed E-state index contributed by atoms with van der Waals surface area (Å²) in [6, 6.07) is 7.34. The maximum atomic E-state index is 13.6. The van der Waals surface area contributed by atoms with Crippen LogP contribution in [0.25, 0.3) is 0 Å². The summed E-state index contributed by atoms with van der Waals surface area (Å²) in [7, 11) is 0. The van der Waals surface area contributed by atoms with Crippen molar-refractivity contribution in [3.05, 3.63) is 59.7 Å². The van der Waals surface area contributed by atoms with E-state index in [9.17, 15) is 14.0 Å². The standard InChI is InChI=1S/C17H18FN3O2/c1-3-21(4-2)17(23)13-9-12(10-19-11-13)16(22)20-15-8-6-5-7-14(15)18/h5-11H,3-4H2,1-2H3,(H,20,22). The SMILES string of the molecule is CCN(CC)C(=O)c1cncc(C(=O)Nc2ccccc2F)c1. The van der Waals surface area contributed by atoms with Crippen molar-refractivity contribution in [2.75, 3.05) is 18.4 Å². The Morgan fingerprint density at radius 3 is 2.43 bits per heavy atom. The average molecular weight is 315 g/mol. The molecule has 1 aromatic carbocycles. The van der Waals surface area contributed by atoms with Crippen molar-refractivity contribution in [1.82, 2.24) is 9.88 Å². The summed E-state index contributed by atoms with van der Waals surface area (Å²) in [5.74, 6) is -1.23. The third-order valence-corrected chi connectivity index (χ3v) is 3.42. The van der Waals surface area contributed by atoms with Gasteiger partial charge in [0.05, 0.1) is 16.8 Å². The van der Waals surface area contributed by atoms with Crippen LogP contribution >= 0.6 is 0 Å². The van der Waals surface area contributed by atoms with Crippen LogP contribution < -0.4 is 5.32 Å². The minimum absolute atomic E-state index is 0.0815. The average Bonchev–Trinajstić information content (AvgIpc) is 2.58. The highest BCUT2D eigenvalue weighted by atomic mass is 19.1. The molecule has 2 amide bonds. The molecular weight excluding hydrogens is 297 g/mol.